The predicted molar refractivity (Wildman–Crippen MR) is 146 cm³/mol. The standard InChI is InChI=1S/C27H31N5O5S/c1-36-19-13-11-16(12-14-19)23(26(34)30-17-7-4-3-5-8-17)32(18-9-6-10-20(15-18)37-2)27(35)24-21(28)22(25(29)33)31-38-24/h6,9-15,17,23H,3-5,7-8,28H2,1-2H3,(H2,29,33)(H,30,34)/t23-/m0/s1. The molecule has 10 nitrogen and oxygen atoms in total. The Labute approximate surface area is 225 Å². The van der Waals surface area contributed by atoms with Gasteiger partial charge in [0, 0.05) is 17.8 Å². The molecule has 0 spiro atoms. The summed E-state index contributed by atoms with van der Waals surface area (Å²) in [5, 5.41) is 3.16. The Hall–Kier alpha value is -4.12. The van der Waals surface area contributed by atoms with Crippen LogP contribution in [0.15, 0.2) is 48.5 Å². The highest BCUT2D eigenvalue weighted by molar-refractivity contribution is 7.09. The van der Waals surface area contributed by atoms with Crippen LogP contribution in [0.25, 0.3) is 0 Å². The van der Waals surface area contributed by atoms with Gasteiger partial charge >= 0.3 is 0 Å². The Morgan fingerprint density at radius 1 is 1.03 bits per heavy atom. The molecule has 1 aromatic heterocycles. The molecule has 1 atom stereocenters. The summed E-state index contributed by atoms with van der Waals surface area (Å²) in [4.78, 5) is 41.3. The summed E-state index contributed by atoms with van der Waals surface area (Å²) in [6.07, 6.45) is 4.94. The summed E-state index contributed by atoms with van der Waals surface area (Å²) < 4.78 is 14.7. The van der Waals surface area contributed by atoms with Crippen LogP contribution in [0.1, 0.15) is 63.9 Å². The van der Waals surface area contributed by atoms with Crippen molar-refractivity contribution in [3.8, 4) is 11.5 Å². The normalized spacial score (nSPS) is 14.4. The van der Waals surface area contributed by atoms with Crippen molar-refractivity contribution in [2.75, 3.05) is 24.9 Å². The molecule has 200 valence electrons. The second-order valence-electron chi connectivity index (χ2n) is 9.03. The molecule has 3 aromatic rings. The van der Waals surface area contributed by atoms with Crippen LogP contribution in [0, 0.1) is 0 Å². The number of hydrogen-bond acceptors (Lipinski definition) is 8. The van der Waals surface area contributed by atoms with E-state index < -0.39 is 17.9 Å². The summed E-state index contributed by atoms with van der Waals surface area (Å²) in [5.41, 5.74) is 12.2. The highest BCUT2D eigenvalue weighted by Gasteiger charge is 2.37. The molecule has 1 fully saturated rings. The van der Waals surface area contributed by atoms with E-state index in [-0.39, 0.29) is 28.2 Å². The van der Waals surface area contributed by atoms with Crippen LogP contribution in [0.5, 0.6) is 11.5 Å². The van der Waals surface area contributed by atoms with Gasteiger partial charge in [-0.2, -0.15) is 4.37 Å². The Morgan fingerprint density at radius 2 is 1.71 bits per heavy atom. The molecule has 0 aliphatic heterocycles. The molecule has 0 radical (unpaired) electrons. The lowest BCUT2D eigenvalue weighted by atomic mass is 9.94. The quantitative estimate of drug-likeness (QED) is 0.377. The minimum absolute atomic E-state index is 0.00518. The first-order valence-electron chi connectivity index (χ1n) is 12.3. The Bertz CT molecular complexity index is 1300. The highest BCUT2D eigenvalue weighted by atomic mass is 32.1. The molecule has 5 N–H and O–H groups in total. The van der Waals surface area contributed by atoms with Gasteiger partial charge in [0.15, 0.2) is 5.69 Å². The topological polar surface area (TPSA) is 150 Å². The molecule has 1 saturated carbocycles. The number of amides is 3. The minimum atomic E-state index is -1.07. The van der Waals surface area contributed by atoms with Gasteiger partial charge in [0.25, 0.3) is 11.8 Å². The number of nitrogen functional groups attached to an aromatic ring is 1. The molecule has 38 heavy (non-hydrogen) atoms. The van der Waals surface area contributed by atoms with Crippen molar-refractivity contribution in [2.45, 2.75) is 44.2 Å². The summed E-state index contributed by atoms with van der Waals surface area (Å²) >= 11 is 0.762. The minimum Gasteiger partial charge on any atom is -0.497 e. The van der Waals surface area contributed by atoms with Crippen LogP contribution in [0.3, 0.4) is 0 Å². The third kappa shape index (κ3) is 5.72. The average molecular weight is 538 g/mol. The fourth-order valence-electron chi connectivity index (χ4n) is 4.61. The van der Waals surface area contributed by atoms with Gasteiger partial charge in [-0.05, 0) is 54.2 Å². The number of hydrogen-bond donors (Lipinski definition) is 3. The number of nitrogens with zero attached hydrogens (tertiary/aromatic N) is 2. The van der Waals surface area contributed by atoms with Crippen molar-refractivity contribution in [1.82, 2.24) is 9.69 Å². The molecule has 11 heteroatoms. The number of primary amides is 1. The Kier molecular flexibility index (Phi) is 8.47. The summed E-state index contributed by atoms with van der Waals surface area (Å²) in [6.45, 7) is 0. The highest BCUT2D eigenvalue weighted by Crippen LogP contribution is 2.35. The lowest BCUT2D eigenvalue weighted by Gasteiger charge is -2.33. The zero-order chi connectivity index (χ0) is 27.2. The van der Waals surface area contributed by atoms with Gasteiger partial charge in [-0.1, -0.05) is 37.5 Å². The molecular weight excluding hydrogens is 506 g/mol. The molecule has 1 aliphatic carbocycles. The zero-order valence-corrected chi connectivity index (χ0v) is 22.1. The van der Waals surface area contributed by atoms with Crippen LogP contribution >= 0.6 is 11.5 Å². The SMILES string of the molecule is COc1ccc([C@@H](C(=O)NC2CCCCC2)N(C(=O)c2snc(C(N)=O)c2N)c2cccc(OC)c2)cc1. The largest absolute Gasteiger partial charge is 0.497 e. The predicted octanol–water partition coefficient (Wildman–Crippen LogP) is 3.68. The van der Waals surface area contributed by atoms with Crippen LogP contribution in [-0.2, 0) is 4.79 Å². The van der Waals surface area contributed by atoms with Crippen LogP contribution < -0.4 is 31.2 Å². The maximum Gasteiger partial charge on any atom is 0.273 e. The van der Waals surface area contributed by atoms with Gasteiger partial charge in [0.05, 0.1) is 19.9 Å². The fraction of sp³-hybridized carbons (Fsp3) is 0.333. The third-order valence-electron chi connectivity index (χ3n) is 6.60. The van der Waals surface area contributed by atoms with E-state index in [2.05, 4.69) is 9.69 Å². The molecule has 0 bridgehead atoms. The molecule has 0 saturated heterocycles. The number of nitrogens with two attached hydrogens (primary N) is 2. The second-order valence-corrected chi connectivity index (χ2v) is 9.81. The van der Waals surface area contributed by atoms with E-state index in [4.69, 9.17) is 20.9 Å². The van der Waals surface area contributed by atoms with Crippen LogP contribution in [0.2, 0.25) is 0 Å². The monoisotopic (exact) mass is 537 g/mol. The second kappa shape index (κ2) is 12.0. The number of anilines is 2. The van der Waals surface area contributed by atoms with Crippen molar-refractivity contribution < 1.29 is 23.9 Å². The third-order valence-corrected chi connectivity index (χ3v) is 7.45. The average Bonchev–Trinajstić information content (AvgIpc) is 3.33. The van der Waals surface area contributed by atoms with Crippen molar-refractivity contribution in [1.29, 1.82) is 0 Å². The van der Waals surface area contributed by atoms with E-state index >= 15 is 0 Å². The van der Waals surface area contributed by atoms with Crippen LogP contribution in [-0.4, -0.2) is 42.4 Å². The van der Waals surface area contributed by atoms with E-state index in [9.17, 15) is 14.4 Å². The van der Waals surface area contributed by atoms with Gasteiger partial charge in [0.1, 0.15) is 22.4 Å². The summed E-state index contributed by atoms with van der Waals surface area (Å²) in [7, 11) is 3.07. The lowest BCUT2D eigenvalue weighted by molar-refractivity contribution is -0.123. The van der Waals surface area contributed by atoms with Crippen molar-refractivity contribution in [3.05, 3.63) is 64.7 Å². The molecule has 4 rings (SSSR count). The molecule has 2 aromatic carbocycles. The first kappa shape index (κ1) is 26.9. The number of carbonyl (C=O) groups excluding carboxylic acids is 3. The maximum absolute atomic E-state index is 14.2. The smallest absolute Gasteiger partial charge is 0.273 e. The first-order chi connectivity index (χ1) is 18.3. The lowest BCUT2D eigenvalue weighted by Crippen LogP contribution is -2.47. The van der Waals surface area contributed by atoms with Gasteiger partial charge in [0.2, 0.25) is 5.91 Å². The van der Waals surface area contributed by atoms with Gasteiger partial charge in [-0.3, -0.25) is 19.3 Å². The Morgan fingerprint density at radius 3 is 2.32 bits per heavy atom. The van der Waals surface area contributed by atoms with E-state index in [1.54, 1.807) is 55.6 Å². The molecule has 3 amide bonds. The number of benzene rings is 2. The van der Waals surface area contributed by atoms with Crippen molar-refractivity contribution in [3.63, 3.8) is 0 Å². The first-order valence-corrected chi connectivity index (χ1v) is 13.1. The maximum atomic E-state index is 14.2. The number of rotatable bonds is 9. The number of carbonyl (C=O) groups is 3. The van der Waals surface area contributed by atoms with E-state index in [1.165, 1.54) is 12.0 Å². The zero-order valence-electron chi connectivity index (χ0n) is 21.3. The molecule has 1 aliphatic rings. The Balaban J connectivity index is 1.85. The van der Waals surface area contributed by atoms with Gasteiger partial charge in [-0.15, -0.1) is 0 Å². The fourth-order valence-corrected chi connectivity index (χ4v) is 5.36. The van der Waals surface area contributed by atoms with E-state index in [0.29, 0.717) is 22.7 Å². The van der Waals surface area contributed by atoms with Crippen molar-refractivity contribution >= 4 is 40.6 Å². The van der Waals surface area contributed by atoms with E-state index in [1.807, 2.05) is 0 Å². The number of ether oxygens (including phenoxy) is 2. The number of nitrogens with one attached hydrogen (secondary N) is 1. The number of methoxy groups -OCH3 is 2. The number of aromatic nitrogens is 1. The van der Waals surface area contributed by atoms with Gasteiger partial charge in [-0.25, -0.2) is 0 Å². The summed E-state index contributed by atoms with van der Waals surface area (Å²) in [5.74, 6) is -0.668. The van der Waals surface area contributed by atoms with Crippen LogP contribution in [0.4, 0.5) is 11.4 Å². The van der Waals surface area contributed by atoms with E-state index in [0.717, 1.165) is 43.6 Å². The van der Waals surface area contributed by atoms with Gasteiger partial charge < -0.3 is 26.3 Å². The molecule has 0 unspecified atom stereocenters. The van der Waals surface area contributed by atoms with Crippen molar-refractivity contribution in [2.24, 2.45) is 5.73 Å². The molecular formula is C27H31N5O5S. The molecule has 1 heterocycles. The summed E-state index contributed by atoms with van der Waals surface area (Å²) in [6, 6.07) is 12.7.